The van der Waals surface area contributed by atoms with Crippen molar-refractivity contribution in [3.8, 4) is 5.75 Å². The van der Waals surface area contributed by atoms with Gasteiger partial charge in [0, 0.05) is 46.9 Å². The zero-order valence-corrected chi connectivity index (χ0v) is 26.2. The van der Waals surface area contributed by atoms with Gasteiger partial charge in [-0.25, -0.2) is 14.0 Å². The Balaban J connectivity index is 1.60. The van der Waals surface area contributed by atoms with Crippen LogP contribution < -0.4 is 0 Å². The van der Waals surface area contributed by atoms with Crippen molar-refractivity contribution in [1.29, 1.82) is 0 Å². The van der Waals surface area contributed by atoms with Gasteiger partial charge in [0.05, 0.1) is 17.7 Å². The Morgan fingerprint density at radius 1 is 1.05 bits per heavy atom. The maximum atomic E-state index is 13.8. The van der Waals surface area contributed by atoms with E-state index < -0.39 is 11.6 Å². The van der Waals surface area contributed by atoms with Crippen LogP contribution in [0.3, 0.4) is 0 Å². The zero-order chi connectivity index (χ0) is 31.4. The van der Waals surface area contributed by atoms with Crippen LogP contribution in [0.2, 0.25) is 0 Å². The minimum atomic E-state index is -0.590. The van der Waals surface area contributed by atoms with E-state index in [0.29, 0.717) is 48.3 Å². The SMILES string of the molecule is CCOC(=O)c1c(CSc2ccccc2)n(Cc2ccc(F)cc2)c2cc(C3=CCN(C(=O)OC(C)(C)C)CC3)c(O)cc12. The highest BCUT2D eigenvalue weighted by Gasteiger charge is 2.28. The van der Waals surface area contributed by atoms with E-state index in [1.165, 1.54) is 12.1 Å². The smallest absolute Gasteiger partial charge is 0.410 e. The lowest BCUT2D eigenvalue weighted by molar-refractivity contribution is 0.0270. The van der Waals surface area contributed by atoms with Crippen molar-refractivity contribution in [2.45, 2.75) is 56.9 Å². The van der Waals surface area contributed by atoms with Crippen LogP contribution in [0.25, 0.3) is 16.5 Å². The van der Waals surface area contributed by atoms with Gasteiger partial charge in [0.2, 0.25) is 0 Å². The number of phenols is 1. The Morgan fingerprint density at radius 2 is 1.77 bits per heavy atom. The predicted molar refractivity (Wildman–Crippen MR) is 171 cm³/mol. The summed E-state index contributed by atoms with van der Waals surface area (Å²) in [4.78, 5) is 28.8. The number of phenolic OH excluding ortho intramolecular Hbond substituents is 1. The molecule has 0 radical (unpaired) electrons. The molecule has 0 unspecified atom stereocenters. The fraction of sp³-hybridized carbons (Fsp3) is 0.314. The molecule has 1 aromatic heterocycles. The number of halogens is 1. The third kappa shape index (κ3) is 7.10. The van der Waals surface area contributed by atoms with Crippen molar-refractivity contribution in [1.82, 2.24) is 9.47 Å². The third-order valence-electron chi connectivity index (χ3n) is 7.35. The molecular formula is C35H37FN2O5S. The molecule has 4 aromatic rings. The van der Waals surface area contributed by atoms with Crippen molar-refractivity contribution in [2.75, 3.05) is 19.7 Å². The molecule has 5 rings (SSSR count). The number of aromatic hydroxyl groups is 1. The Bertz CT molecular complexity index is 1690. The lowest BCUT2D eigenvalue weighted by Gasteiger charge is -2.29. The molecule has 44 heavy (non-hydrogen) atoms. The number of esters is 1. The van der Waals surface area contributed by atoms with Gasteiger partial charge < -0.3 is 24.0 Å². The van der Waals surface area contributed by atoms with Crippen molar-refractivity contribution in [2.24, 2.45) is 0 Å². The Morgan fingerprint density at radius 3 is 2.41 bits per heavy atom. The van der Waals surface area contributed by atoms with Gasteiger partial charge in [-0.05, 0) is 81.7 Å². The first-order chi connectivity index (χ1) is 21.0. The number of rotatable bonds is 8. The topological polar surface area (TPSA) is 81.0 Å². The highest BCUT2D eigenvalue weighted by molar-refractivity contribution is 7.98. The largest absolute Gasteiger partial charge is 0.507 e. The molecule has 0 bridgehead atoms. The van der Waals surface area contributed by atoms with E-state index in [-0.39, 0.29) is 24.3 Å². The predicted octanol–water partition coefficient (Wildman–Crippen LogP) is 8.03. The van der Waals surface area contributed by atoms with Gasteiger partial charge in [0.15, 0.2) is 0 Å². The standard InChI is InChI=1S/C35H37FN2O5S/c1-5-42-33(40)32-28-20-31(39)27(24-15-17-37(18-16-24)34(41)43-35(2,3)4)19-29(28)38(21-23-11-13-25(36)14-12-23)30(32)22-44-26-9-7-6-8-10-26/h6-15,19-20,39H,5,16-18,21-22H2,1-4H3. The molecular weight excluding hydrogens is 579 g/mol. The van der Waals surface area contributed by atoms with Crippen molar-refractivity contribution in [3.63, 3.8) is 0 Å². The van der Waals surface area contributed by atoms with E-state index in [0.717, 1.165) is 27.2 Å². The minimum absolute atomic E-state index is 0.0428. The second-order valence-electron chi connectivity index (χ2n) is 11.6. The summed E-state index contributed by atoms with van der Waals surface area (Å²) in [5, 5.41) is 11.9. The lowest BCUT2D eigenvalue weighted by Crippen LogP contribution is -2.39. The molecule has 1 N–H and O–H groups in total. The van der Waals surface area contributed by atoms with E-state index in [2.05, 4.69) is 4.57 Å². The van der Waals surface area contributed by atoms with E-state index in [1.54, 1.807) is 41.8 Å². The van der Waals surface area contributed by atoms with Gasteiger partial charge >= 0.3 is 12.1 Å². The number of benzene rings is 3. The van der Waals surface area contributed by atoms with Crippen LogP contribution >= 0.6 is 11.8 Å². The Kier molecular flexibility index (Phi) is 9.34. The number of carbonyl (C=O) groups is 2. The quantitative estimate of drug-likeness (QED) is 0.160. The molecule has 0 aliphatic carbocycles. The number of carbonyl (C=O) groups excluding carboxylic acids is 2. The number of ether oxygens (including phenoxy) is 2. The molecule has 1 aliphatic rings. The van der Waals surface area contributed by atoms with E-state index in [1.807, 2.05) is 63.2 Å². The number of nitrogens with zero attached hydrogens (tertiary/aromatic N) is 2. The molecule has 230 valence electrons. The first-order valence-corrected chi connectivity index (χ1v) is 15.7. The fourth-order valence-electron chi connectivity index (χ4n) is 5.30. The van der Waals surface area contributed by atoms with Gasteiger partial charge in [-0.3, -0.25) is 0 Å². The summed E-state index contributed by atoms with van der Waals surface area (Å²) in [6.07, 6.45) is 2.08. The number of hydrogen-bond donors (Lipinski definition) is 1. The third-order valence-corrected chi connectivity index (χ3v) is 8.37. The molecule has 1 aliphatic heterocycles. The van der Waals surface area contributed by atoms with Crippen molar-refractivity contribution >= 4 is 40.3 Å². The first kappa shape index (κ1) is 31.2. The van der Waals surface area contributed by atoms with Crippen LogP contribution in [0.15, 0.2) is 77.7 Å². The normalized spacial score (nSPS) is 13.6. The highest BCUT2D eigenvalue weighted by atomic mass is 32.2. The number of thioether (sulfide) groups is 1. The van der Waals surface area contributed by atoms with Crippen LogP contribution in [0.1, 0.15) is 61.3 Å². The van der Waals surface area contributed by atoms with Gasteiger partial charge in [-0.2, -0.15) is 0 Å². The second kappa shape index (κ2) is 13.2. The van der Waals surface area contributed by atoms with Crippen LogP contribution in [0.5, 0.6) is 5.75 Å². The van der Waals surface area contributed by atoms with Gasteiger partial charge in [-0.1, -0.05) is 36.4 Å². The molecule has 0 fully saturated rings. The van der Waals surface area contributed by atoms with E-state index in [9.17, 15) is 19.1 Å². The summed E-state index contributed by atoms with van der Waals surface area (Å²) < 4.78 is 26.9. The summed E-state index contributed by atoms with van der Waals surface area (Å²) in [5.74, 6) is -0.273. The van der Waals surface area contributed by atoms with Crippen LogP contribution in [-0.2, 0) is 21.8 Å². The minimum Gasteiger partial charge on any atom is -0.507 e. The molecule has 2 heterocycles. The molecule has 9 heteroatoms. The molecule has 0 spiro atoms. The average Bonchev–Trinajstić information content (AvgIpc) is 3.28. The molecule has 0 atom stereocenters. The summed E-state index contributed by atoms with van der Waals surface area (Å²) >= 11 is 1.60. The molecule has 0 saturated heterocycles. The monoisotopic (exact) mass is 616 g/mol. The molecule has 0 saturated carbocycles. The molecule has 1 amide bonds. The van der Waals surface area contributed by atoms with Crippen molar-refractivity contribution < 1.29 is 28.6 Å². The van der Waals surface area contributed by atoms with Crippen LogP contribution in [0.4, 0.5) is 9.18 Å². The molecule has 3 aromatic carbocycles. The average molecular weight is 617 g/mol. The lowest BCUT2D eigenvalue weighted by atomic mass is 9.97. The summed E-state index contributed by atoms with van der Waals surface area (Å²) in [7, 11) is 0. The second-order valence-corrected chi connectivity index (χ2v) is 12.7. The number of amides is 1. The number of fused-ring (bicyclic) bond motifs is 1. The van der Waals surface area contributed by atoms with Crippen molar-refractivity contribution in [3.05, 3.63) is 101 Å². The van der Waals surface area contributed by atoms with E-state index >= 15 is 0 Å². The van der Waals surface area contributed by atoms with Crippen LogP contribution in [-0.4, -0.2) is 51.9 Å². The number of hydrogen-bond acceptors (Lipinski definition) is 6. The van der Waals surface area contributed by atoms with Crippen LogP contribution in [0, 0.1) is 5.82 Å². The van der Waals surface area contributed by atoms with Gasteiger partial charge in [0.25, 0.3) is 0 Å². The first-order valence-electron chi connectivity index (χ1n) is 14.7. The summed E-state index contributed by atoms with van der Waals surface area (Å²) in [6.45, 7) is 8.66. The Labute approximate surface area is 261 Å². The number of aromatic nitrogens is 1. The fourth-order valence-corrected chi connectivity index (χ4v) is 6.26. The summed E-state index contributed by atoms with van der Waals surface area (Å²) in [6, 6.07) is 19.8. The maximum absolute atomic E-state index is 13.8. The molecule has 7 nitrogen and oxygen atoms in total. The summed E-state index contributed by atoms with van der Waals surface area (Å²) in [5.41, 5.74) is 3.72. The van der Waals surface area contributed by atoms with E-state index in [4.69, 9.17) is 9.47 Å². The van der Waals surface area contributed by atoms with Gasteiger partial charge in [-0.15, -0.1) is 11.8 Å². The zero-order valence-electron chi connectivity index (χ0n) is 25.4. The highest BCUT2D eigenvalue weighted by Crippen LogP contribution is 2.39. The Hall–Kier alpha value is -4.24. The maximum Gasteiger partial charge on any atom is 0.410 e. The van der Waals surface area contributed by atoms with Gasteiger partial charge in [0.1, 0.15) is 17.2 Å².